The predicted octanol–water partition coefficient (Wildman–Crippen LogP) is 3.96. The van der Waals surface area contributed by atoms with Crippen LogP contribution in [0.5, 0.6) is 0 Å². The molecular weight excluding hydrogens is 366 g/mol. The molecule has 2 aromatic rings. The summed E-state index contributed by atoms with van der Waals surface area (Å²) in [7, 11) is 1.24. The number of furan rings is 1. The second-order valence-electron chi connectivity index (χ2n) is 5.05. The summed E-state index contributed by atoms with van der Waals surface area (Å²) in [6.45, 7) is -0.0679. The smallest absolute Gasteiger partial charge is 0.373 e. The second kappa shape index (κ2) is 7.16. The van der Waals surface area contributed by atoms with Crippen LogP contribution in [-0.2, 0) is 16.1 Å². The van der Waals surface area contributed by atoms with E-state index in [1.54, 1.807) is 30.3 Å². The van der Waals surface area contributed by atoms with Gasteiger partial charge in [-0.25, -0.2) is 4.79 Å². The van der Waals surface area contributed by atoms with Gasteiger partial charge < -0.3 is 9.15 Å². The second-order valence-corrected chi connectivity index (χ2v) is 6.45. The topological polar surface area (TPSA) is 76.8 Å². The van der Waals surface area contributed by atoms with Crippen molar-refractivity contribution in [3.05, 3.63) is 63.4 Å². The van der Waals surface area contributed by atoms with Crippen LogP contribution in [0, 0.1) is 0 Å². The van der Waals surface area contributed by atoms with E-state index in [2.05, 4.69) is 4.74 Å². The van der Waals surface area contributed by atoms with Crippen LogP contribution in [-0.4, -0.2) is 29.1 Å². The van der Waals surface area contributed by atoms with Gasteiger partial charge in [-0.15, -0.1) is 0 Å². The van der Waals surface area contributed by atoms with Gasteiger partial charge in [0, 0.05) is 5.02 Å². The van der Waals surface area contributed by atoms with Crippen molar-refractivity contribution in [2.45, 2.75) is 6.54 Å². The minimum Gasteiger partial charge on any atom is -0.463 e. The number of thioether (sulfide) groups is 1. The van der Waals surface area contributed by atoms with Crippen molar-refractivity contribution in [3.8, 4) is 0 Å². The summed E-state index contributed by atoms with van der Waals surface area (Å²) in [5, 5.41) is 0.0716. The molecule has 1 aliphatic heterocycles. The number of carbonyl (C=O) groups is 3. The number of hydrogen-bond donors (Lipinski definition) is 0. The maximum atomic E-state index is 12.5. The molecule has 6 nitrogen and oxygen atoms in total. The average molecular weight is 378 g/mol. The molecule has 1 aromatic heterocycles. The van der Waals surface area contributed by atoms with E-state index in [1.807, 2.05) is 0 Å². The molecule has 3 rings (SSSR count). The summed E-state index contributed by atoms with van der Waals surface area (Å²) < 4.78 is 9.85. The van der Waals surface area contributed by atoms with Gasteiger partial charge in [0.25, 0.3) is 11.1 Å². The third-order valence-electron chi connectivity index (χ3n) is 3.43. The highest BCUT2D eigenvalue weighted by Crippen LogP contribution is 2.34. The molecule has 0 aliphatic carbocycles. The molecule has 2 amide bonds. The molecule has 0 saturated carbocycles. The zero-order chi connectivity index (χ0) is 18.0. The van der Waals surface area contributed by atoms with Crippen molar-refractivity contribution in [2.24, 2.45) is 0 Å². The van der Waals surface area contributed by atoms with Gasteiger partial charge in [-0.1, -0.05) is 29.8 Å². The summed E-state index contributed by atoms with van der Waals surface area (Å²) in [6.07, 6.45) is 1.58. The number of benzene rings is 1. The highest BCUT2D eigenvalue weighted by Gasteiger charge is 2.35. The van der Waals surface area contributed by atoms with Crippen LogP contribution in [0.3, 0.4) is 0 Å². The molecule has 0 radical (unpaired) electrons. The lowest BCUT2D eigenvalue weighted by molar-refractivity contribution is -0.123. The molecule has 1 saturated heterocycles. The summed E-state index contributed by atoms with van der Waals surface area (Å²) in [4.78, 5) is 37.3. The lowest BCUT2D eigenvalue weighted by Crippen LogP contribution is -2.27. The third kappa shape index (κ3) is 3.62. The lowest BCUT2D eigenvalue weighted by atomic mass is 10.2. The first-order valence-electron chi connectivity index (χ1n) is 7.16. The molecule has 0 spiro atoms. The molecule has 8 heteroatoms. The van der Waals surface area contributed by atoms with Gasteiger partial charge >= 0.3 is 5.97 Å². The van der Waals surface area contributed by atoms with Crippen LogP contribution >= 0.6 is 23.4 Å². The quantitative estimate of drug-likeness (QED) is 0.593. The number of halogens is 1. The Bertz CT molecular complexity index is 889. The molecule has 0 bridgehead atoms. The molecule has 0 N–H and O–H groups in total. The Morgan fingerprint density at radius 2 is 2.04 bits per heavy atom. The van der Waals surface area contributed by atoms with E-state index in [0.717, 1.165) is 16.7 Å². The number of esters is 1. The molecule has 128 valence electrons. The van der Waals surface area contributed by atoms with Crippen molar-refractivity contribution >= 4 is 46.6 Å². The Balaban J connectivity index is 1.79. The van der Waals surface area contributed by atoms with Crippen LogP contribution in [0.15, 0.2) is 45.7 Å². The molecule has 1 aromatic carbocycles. The van der Waals surface area contributed by atoms with E-state index in [1.165, 1.54) is 19.2 Å². The summed E-state index contributed by atoms with van der Waals surface area (Å²) in [5.74, 6) is -0.747. The number of hydrogen-bond acceptors (Lipinski definition) is 6. The number of methoxy groups -OCH3 is 1. The monoisotopic (exact) mass is 377 g/mol. The van der Waals surface area contributed by atoms with Crippen molar-refractivity contribution in [2.75, 3.05) is 7.11 Å². The summed E-state index contributed by atoms with van der Waals surface area (Å²) >= 11 is 6.91. The molecule has 1 fully saturated rings. The van der Waals surface area contributed by atoms with Gasteiger partial charge in [-0.3, -0.25) is 14.5 Å². The first-order valence-corrected chi connectivity index (χ1v) is 8.36. The fraction of sp³-hybridized carbons (Fsp3) is 0.118. The van der Waals surface area contributed by atoms with E-state index in [4.69, 9.17) is 16.0 Å². The van der Waals surface area contributed by atoms with Gasteiger partial charge in [0.15, 0.2) is 0 Å². The normalized spacial score (nSPS) is 15.9. The zero-order valence-corrected chi connectivity index (χ0v) is 14.6. The minimum absolute atomic E-state index is 0.0103. The van der Waals surface area contributed by atoms with Crippen molar-refractivity contribution in [1.82, 2.24) is 4.90 Å². The summed E-state index contributed by atoms with van der Waals surface area (Å²) in [5.41, 5.74) is 0.653. The Hall–Kier alpha value is -2.51. The molecule has 0 atom stereocenters. The first-order chi connectivity index (χ1) is 12.0. The highest BCUT2D eigenvalue weighted by molar-refractivity contribution is 8.18. The maximum absolute atomic E-state index is 12.5. The Kier molecular flexibility index (Phi) is 4.96. The van der Waals surface area contributed by atoms with Crippen molar-refractivity contribution in [1.29, 1.82) is 0 Å². The number of imide groups is 1. The van der Waals surface area contributed by atoms with Crippen molar-refractivity contribution < 1.29 is 23.5 Å². The van der Waals surface area contributed by atoms with Crippen LogP contribution in [0.1, 0.15) is 21.9 Å². The molecule has 0 unspecified atom stereocenters. The summed E-state index contributed by atoms with van der Waals surface area (Å²) in [6, 6.07) is 9.98. The van der Waals surface area contributed by atoms with Crippen LogP contribution < -0.4 is 0 Å². The first kappa shape index (κ1) is 17.3. The molecule has 1 aliphatic rings. The fourth-order valence-corrected chi connectivity index (χ4v) is 3.22. The number of nitrogens with zero attached hydrogens (tertiary/aromatic N) is 1. The number of ether oxygens (including phenoxy) is 1. The minimum atomic E-state index is -0.626. The number of amides is 2. The van der Waals surface area contributed by atoms with E-state index >= 15 is 0 Å². The van der Waals surface area contributed by atoms with E-state index in [9.17, 15) is 14.4 Å². The van der Waals surface area contributed by atoms with Gasteiger partial charge in [-0.2, -0.15) is 0 Å². The molecule has 25 heavy (non-hydrogen) atoms. The maximum Gasteiger partial charge on any atom is 0.373 e. The highest BCUT2D eigenvalue weighted by atomic mass is 35.5. The molecule has 2 heterocycles. The van der Waals surface area contributed by atoms with Crippen molar-refractivity contribution in [3.63, 3.8) is 0 Å². The lowest BCUT2D eigenvalue weighted by Gasteiger charge is -2.09. The van der Waals surface area contributed by atoms with Gasteiger partial charge in [0.2, 0.25) is 5.76 Å². The van der Waals surface area contributed by atoms with Gasteiger partial charge in [0.1, 0.15) is 5.76 Å². The fourth-order valence-electron chi connectivity index (χ4n) is 2.20. The number of rotatable bonds is 4. The average Bonchev–Trinajstić information content (AvgIpc) is 3.17. The Morgan fingerprint density at radius 1 is 1.28 bits per heavy atom. The van der Waals surface area contributed by atoms with E-state index < -0.39 is 17.1 Å². The van der Waals surface area contributed by atoms with Gasteiger partial charge in [0.05, 0.1) is 18.6 Å². The predicted molar refractivity (Wildman–Crippen MR) is 93.0 cm³/mol. The third-order valence-corrected chi connectivity index (χ3v) is 4.68. The Morgan fingerprint density at radius 3 is 2.76 bits per heavy atom. The Labute approximate surface area is 152 Å². The van der Waals surface area contributed by atoms with Gasteiger partial charge in [-0.05, 0) is 41.6 Å². The van der Waals surface area contributed by atoms with E-state index in [0.29, 0.717) is 16.3 Å². The molecular formula is C17H12ClNO5S. The standard InChI is InChI=1S/C17H12ClNO5S/c1-23-16(21)13-7-6-11(24-13)9-19-15(20)14(25-17(19)22)8-10-4-2-3-5-12(10)18/h2-8H,9H2,1H3/b14-8+. The van der Waals surface area contributed by atoms with Crippen LogP contribution in [0.4, 0.5) is 4.79 Å². The SMILES string of the molecule is COC(=O)c1ccc(CN2C(=O)S/C(=C/c3ccccc3Cl)C2=O)o1. The van der Waals surface area contributed by atoms with E-state index in [-0.39, 0.29) is 17.2 Å². The largest absolute Gasteiger partial charge is 0.463 e. The van der Waals surface area contributed by atoms with Crippen LogP contribution in [0.2, 0.25) is 5.02 Å². The number of carbonyl (C=O) groups excluding carboxylic acids is 3. The van der Waals surface area contributed by atoms with Crippen LogP contribution in [0.25, 0.3) is 6.08 Å². The zero-order valence-electron chi connectivity index (χ0n) is 13.0.